The van der Waals surface area contributed by atoms with Gasteiger partial charge in [0.1, 0.15) is 17.9 Å². The Hall–Kier alpha value is -3.00. The Balaban J connectivity index is 1.78. The molecule has 0 spiro atoms. The van der Waals surface area contributed by atoms with Crippen LogP contribution in [0, 0.1) is 0 Å². The van der Waals surface area contributed by atoms with Crippen LogP contribution >= 0.6 is 0 Å². The molecule has 4 aromatic rings. The van der Waals surface area contributed by atoms with Gasteiger partial charge in [-0.1, -0.05) is 6.92 Å². The highest BCUT2D eigenvalue weighted by Gasteiger charge is 2.15. The minimum atomic E-state index is 0.325. The lowest BCUT2D eigenvalue weighted by atomic mass is 10.2. The van der Waals surface area contributed by atoms with Crippen LogP contribution in [0.1, 0.15) is 19.2 Å². The number of nitrogens with zero attached hydrogens (tertiary/aromatic N) is 5. The molecule has 8 heteroatoms. The first-order valence-corrected chi connectivity index (χ1v) is 8.11. The number of imidazole rings is 1. The van der Waals surface area contributed by atoms with Crippen LogP contribution in [0.2, 0.25) is 0 Å². The normalized spacial score (nSPS) is 11.4. The summed E-state index contributed by atoms with van der Waals surface area (Å²) >= 11 is 0. The average molecular weight is 338 g/mol. The van der Waals surface area contributed by atoms with E-state index >= 15 is 0 Å². The van der Waals surface area contributed by atoms with Gasteiger partial charge in [-0.05, 0) is 30.7 Å². The van der Waals surface area contributed by atoms with Gasteiger partial charge in [0.2, 0.25) is 0 Å². The maximum atomic E-state index is 5.62. The zero-order valence-corrected chi connectivity index (χ0v) is 14.1. The van der Waals surface area contributed by atoms with E-state index in [4.69, 9.17) is 9.47 Å². The maximum Gasteiger partial charge on any atom is 0.185 e. The molecule has 128 valence electrons. The number of aromatic nitrogens is 6. The zero-order valence-electron chi connectivity index (χ0n) is 14.1. The van der Waals surface area contributed by atoms with Crippen molar-refractivity contribution in [2.24, 2.45) is 0 Å². The molecule has 3 aromatic heterocycles. The van der Waals surface area contributed by atoms with Gasteiger partial charge < -0.3 is 14.5 Å². The van der Waals surface area contributed by atoms with E-state index in [1.165, 1.54) is 0 Å². The Morgan fingerprint density at radius 3 is 2.76 bits per heavy atom. The molecule has 25 heavy (non-hydrogen) atoms. The molecule has 0 fully saturated rings. The van der Waals surface area contributed by atoms with Crippen LogP contribution in [-0.4, -0.2) is 43.3 Å². The first-order valence-electron chi connectivity index (χ1n) is 8.11. The van der Waals surface area contributed by atoms with Crippen LogP contribution in [-0.2, 0) is 11.3 Å². The molecule has 0 aliphatic carbocycles. The topological polar surface area (TPSA) is 90.2 Å². The van der Waals surface area contributed by atoms with Gasteiger partial charge in [0, 0.05) is 12.7 Å². The number of rotatable bonds is 6. The third-order valence-electron chi connectivity index (χ3n) is 3.79. The predicted molar refractivity (Wildman–Crippen MR) is 92.4 cm³/mol. The van der Waals surface area contributed by atoms with Gasteiger partial charge in [0.05, 0.1) is 12.9 Å². The van der Waals surface area contributed by atoms with E-state index in [1.54, 1.807) is 18.0 Å². The second-order valence-corrected chi connectivity index (χ2v) is 5.61. The lowest BCUT2D eigenvalue weighted by Crippen LogP contribution is -2.04. The molecule has 8 nitrogen and oxygen atoms in total. The summed E-state index contributed by atoms with van der Waals surface area (Å²) < 4.78 is 12.5. The van der Waals surface area contributed by atoms with E-state index < -0.39 is 0 Å². The fourth-order valence-electron chi connectivity index (χ4n) is 2.62. The van der Waals surface area contributed by atoms with Crippen LogP contribution in [0.15, 0.2) is 30.6 Å². The van der Waals surface area contributed by atoms with Gasteiger partial charge in [-0.3, -0.25) is 0 Å². The van der Waals surface area contributed by atoms with Crippen molar-refractivity contribution in [1.82, 2.24) is 29.5 Å². The molecular formula is C17H18N6O2. The lowest BCUT2D eigenvalue weighted by molar-refractivity contribution is 0.176. The minimum Gasteiger partial charge on any atom is -0.494 e. The zero-order chi connectivity index (χ0) is 17.2. The smallest absolute Gasteiger partial charge is 0.185 e. The number of methoxy groups -OCH3 is 1. The van der Waals surface area contributed by atoms with Crippen molar-refractivity contribution in [2.45, 2.75) is 20.0 Å². The highest BCUT2D eigenvalue weighted by Crippen LogP contribution is 2.23. The SMILES string of the molecule is CCCOc1ccc(-c2nc3c4[nH]cnc4nc(COC)n3n2)cc1. The van der Waals surface area contributed by atoms with Crippen LogP contribution in [0.25, 0.3) is 28.2 Å². The third kappa shape index (κ3) is 2.80. The van der Waals surface area contributed by atoms with Gasteiger partial charge in [0.15, 0.2) is 22.9 Å². The number of fused-ring (bicyclic) bond motifs is 3. The van der Waals surface area contributed by atoms with Crippen molar-refractivity contribution in [2.75, 3.05) is 13.7 Å². The van der Waals surface area contributed by atoms with Crippen LogP contribution < -0.4 is 4.74 Å². The van der Waals surface area contributed by atoms with Crippen molar-refractivity contribution < 1.29 is 9.47 Å². The van der Waals surface area contributed by atoms with Crippen molar-refractivity contribution >= 4 is 16.8 Å². The fourth-order valence-corrected chi connectivity index (χ4v) is 2.62. The Bertz CT molecular complexity index is 1010. The molecule has 4 rings (SSSR count). The summed E-state index contributed by atoms with van der Waals surface area (Å²) in [7, 11) is 1.62. The number of ether oxygens (including phenoxy) is 2. The van der Waals surface area contributed by atoms with Crippen LogP contribution in [0.5, 0.6) is 5.75 Å². The summed E-state index contributed by atoms with van der Waals surface area (Å²) in [6.45, 7) is 3.11. The maximum absolute atomic E-state index is 5.62. The minimum absolute atomic E-state index is 0.325. The van der Waals surface area contributed by atoms with Gasteiger partial charge in [-0.2, -0.15) is 4.52 Å². The molecule has 1 aromatic carbocycles. The van der Waals surface area contributed by atoms with Gasteiger partial charge in [0.25, 0.3) is 0 Å². The Labute approximate surface area is 143 Å². The molecule has 0 bridgehead atoms. The molecule has 0 aliphatic rings. The van der Waals surface area contributed by atoms with Gasteiger partial charge in [-0.15, -0.1) is 5.10 Å². The molecule has 0 unspecified atom stereocenters. The van der Waals surface area contributed by atoms with E-state index in [0.29, 0.717) is 36.2 Å². The van der Waals surface area contributed by atoms with Crippen LogP contribution in [0.4, 0.5) is 0 Å². The van der Waals surface area contributed by atoms with E-state index in [1.807, 2.05) is 24.3 Å². The Kier molecular flexibility index (Phi) is 4.02. The standard InChI is InChI=1S/C17H18N6O2/c1-3-8-25-12-6-4-11(5-7-12)15-21-17-14-16(19-10-18-14)20-13(9-24-2)23(17)22-15/h4-7,10H,3,8-9H2,1-2H3,(H,18,19). The van der Waals surface area contributed by atoms with Gasteiger partial charge >= 0.3 is 0 Å². The van der Waals surface area contributed by atoms with Crippen molar-refractivity contribution in [1.29, 1.82) is 0 Å². The molecule has 0 saturated heterocycles. The summed E-state index contributed by atoms with van der Waals surface area (Å²) in [6, 6.07) is 7.76. The molecule has 0 radical (unpaired) electrons. The quantitative estimate of drug-likeness (QED) is 0.581. The van der Waals surface area contributed by atoms with Gasteiger partial charge in [-0.25, -0.2) is 15.0 Å². The molecule has 0 saturated carbocycles. The monoisotopic (exact) mass is 338 g/mol. The Morgan fingerprint density at radius 2 is 2.00 bits per heavy atom. The number of hydrogen-bond acceptors (Lipinski definition) is 6. The molecule has 0 amide bonds. The first-order chi connectivity index (χ1) is 12.3. The average Bonchev–Trinajstić information content (AvgIpc) is 3.27. The van der Waals surface area contributed by atoms with E-state index in [0.717, 1.165) is 23.3 Å². The summed E-state index contributed by atoms with van der Waals surface area (Å²) in [5.41, 5.74) is 2.93. The molecule has 3 heterocycles. The van der Waals surface area contributed by atoms with E-state index in [9.17, 15) is 0 Å². The molecule has 1 N–H and O–H groups in total. The Morgan fingerprint density at radius 1 is 1.16 bits per heavy atom. The predicted octanol–water partition coefficient (Wildman–Crippen LogP) is 2.60. The van der Waals surface area contributed by atoms with E-state index in [2.05, 4.69) is 32.0 Å². The number of nitrogens with one attached hydrogen (secondary N) is 1. The number of H-pyrrole nitrogens is 1. The summed E-state index contributed by atoms with van der Waals surface area (Å²) in [4.78, 5) is 16.4. The highest BCUT2D eigenvalue weighted by atomic mass is 16.5. The molecule has 0 aliphatic heterocycles. The van der Waals surface area contributed by atoms with Crippen molar-refractivity contribution in [3.63, 3.8) is 0 Å². The lowest BCUT2D eigenvalue weighted by Gasteiger charge is -2.04. The second-order valence-electron chi connectivity index (χ2n) is 5.61. The number of benzene rings is 1. The molecule has 0 atom stereocenters. The highest BCUT2D eigenvalue weighted by molar-refractivity contribution is 5.85. The summed E-state index contributed by atoms with van der Waals surface area (Å²) in [5.74, 6) is 2.11. The number of hydrogen-bond donors (Lipinski definition) is 1. The van der Waals surface area contributed by atoms with Crippen molar-refractivity contribution in [3.8, 4) is 17.1 Å². The van der Waals surface area contributed by atoms with E-state index in [-0.39, 0.29) is 0 Å². The first kappa shape index (κ1) is 15.5. The largest absolute Gasteiger partial charge is 0.494 e. The molecular weight excluding hydrogens is 320 g/mol. The second kappa shape index (κ2) is 6.48. The number of aromatic amines is 1. The fraction of sp³-hybridized carbons (Fsp3) is 0.294. The van der Waals surface area contributed by atoms with Crippen molar-refractivity contribution in [3.05, 3.63) is 36.4 Å². The third-order valence-corrected chi connectivity index (χ3v) is 3.79. The summed E-state index contributed by atoms with van der Waals surface area (Å²) in [6.07, 6.45) is 2.58. The van der Waals surface area contributed by atoms with Crippen LogP contribution in [0.3, 0.4) is 0 Å². The summed E-state index contributed by atoms with van der Waals surface area (Å²) in [5, 5.41) is 4.60.